The third-order valence-electron chi connectivity index (χ3n) is 1.89. The number of benzene rings is 1. The first-order valence-corrected chi connectivity index (χ1v) is 4.64. The van der Waals surface area contributed by atoms with Gasteiger partial charge in [-0.1, -0.05) is 22.0 Å². The Morgan fingerprint density at radius 3 is 2.54 bits per heavy atom. The maximum absolute atomic E-state index is 9.59. The van der Waals surface area contributed by atoms with Crippen molar-refractivity contribution in [2.45, 2.75) is 19.4 Å². The fraction of sp³-hybridized carbons (Fsp3) is 0.333. The molecule has 1 rings (SSSR count). The number of nitrogens with two attached hydrogens (primary N) is 1. The van der Waals surface area contributed by atoms with Crippen LogP contribution in [0.5, 0.6) is 5.75 Å². The number of phenolic OH excluding ortho intramolecular Hbond substituents is 1. The highest BCUT2D eigenvalue weighted by atomic mass is 79.9. The molecule has 3 nitrogen and oxygen atoms in total. The summed E-state index contributed by atoms with van der Waals surface area (Å²) >= 11 is 3.33. The van der Waals surface area contributed by atoms with E-state index in [0.717, 1.165) is 4.47 Å². The maximum atomic E-state index is 9.59. The van der Waals surface area contributed by atoms with E-state index in [1.807, 2.05) is 6.07 Å². The molecule has 0 spiro atoms. The molecule has 1 aromatic carbocycles. The minimum absolute atomic E-state index is 0.171. The molecule has 72 valence electrons. The Morgan fingerprint density at radius 1 is 1.46 bits per heavy atom. The van der Waals surface area contributed by atoms with E-state index in [1.54, 1.807) is 26.0 Å². The standard InChI is InChI=1S/C9H12BrNO2/c1-9(2,13-11)8-6(10)4-3-5-7(8)12/h3-5,12H,11H2,1-2H3. The van der Waals surface area contributed by atoms with Gasteiger partial charge in [-0.3, -0.25) is 4.84 Å². The van der Waals surface area contributed by atoms with Crippen molar-refractivity contribution in [3.8, 4) is 5.75 Å². The van der Waals surface area contributed by atoms with Crippen LogP contribution in [0.2, 0.25) is 0 Å². The molecule has 4 heteroatoms. The lowest BCUT2D eigenvalue weighted by Gasteiger charge is -2.24. The highest BCUT2D eigenvalue weighted by molar-refractivity contribution is 9.10. The highest BCUT2D eigenvalue weighted by Gasteiger charge is 2.26. The molecule has 13 heavy (non-hydrogen) atoms. The average molecular weight is 246 g/mol. The number of hydrogen-bond donors (Lipinski definition) is 2. The number of halogens is 1. The molecule has 0 saturated heterocycles. The molecule has 0 aromatic heterocycles. The van der Waals surface area contributed by atoms with Gasteiger partial charge in [-0.2, -0.15) is 0 Å². The fourth-order valence-corrected chi connectivity index (χ4v) is 2.00. The summed E-state index contributed by atoms with van der Waals surface area (Å²) in [7, 11) is 0. The van der Waals surface area contributed by atoms with Gasteiger partial charge in [0.2, 0.25) is 0 Å². The Kier molecular flexibility index (Phi) is 2.95. The van der Waals surface area contributed by atoms with Crippen LogP contribution >= 0.6 is 15.9 Å². The maximum Gasteiger partial charge on any atom is 0.122 e. The van der Waals surface area contributed by atoms with E-state index >= 15 is 0 Å². The van der Waals surface area contributed by atoms with E-state index < -0.39 is 5.60 Å². The lowest BCUT2D eigenvalue weighted by molar-refractivity contribution is -0.0256. The van der Waals surface area contributed by atoms with Gasteiger partial charge in [0.25, 0.3) is 0 Å². The summed E-state index contributed by atoms with van der Waals surface area (Å²) < 4.78 is 0.781. The molecule has 0 aliphatic rings. The van der Waals surface area contributed by atoms with E-state index in [1.165, 1.54) is 0 Å². The van der Waals surface area contributed by atoms with Gasteiger partial charge in [0.15, 0.2) is 0 Å². The highest BCUT2D eigenvalue weighted by Crippen LogP contribution is 2.36. The van der Waals surface area contributed by atoms with Crippen LogP contribution in [0.4, 0.5) is 0 Å². The number of aromatic hydroxyl groups is 1. The van der Waals surface area contributed by atoms with E-state index in [0.29, 0.717) is 5.56 Å². The zero-order valence-corrected chi connectivity index (χ0v) is 9.13. The molecule has 3 N–H and O–H groups in total. The van der Waals surface area contributed by atoms with Gasteiger partial charge in [-0.25, -0.2) is 5.90 Å². The molecule has 0 fully saturated rings. The van der Waals surface area contributed by atoms with Gasteiger partial charge >= 0.3 is 0 Å². The minimum Gasteiger partial charge on any atom is -0.508 e. The van der Waals surface area contributed by atoms with Crippen molar-refractivity contribution in [2.75, 3.05) is 0 Å². The average Bonchev–Trinajstić information content (AvgIpc) is 2.03. The van der Waals surface area contributed by atoms with Gasteiger partial charge in [0, 0.05) is 10.0 Å². The van der Waals surface area contributed by atoms with Crippen molar-refractivity contribution in [1.82, 2.24) is 0 Å². The molecule has 0 radical (unpaired) electrons. The zero-order valence-electron chi connectivity index (χ0n) is 7.54. The summed E-state index contributed by atoms with van der Waals surface area (Å²) in [6.07, 6.45) is 0. The van der Waals surface area contributed by atoms with Gasteiger partial charge < -0.3 is 5.11 Å². The zero-order chi connectivity index (χ0) is 10.1. The Bertz CT molecular complexity index is 292. The SMILES string of the molecule is CC(C)(ON)c1c(O)cccc1Br. The summed E-state index contributed by atoms with van der Waals surface area (Å²) in [6.45, 7) is 3.57. The Morgan fingerprint density at radius 2 is 2.08 bits per heavy atom. The molecule has 1 aromatic rings. The first-order chi connectivity index (χ1) is 5.99. The Balaban J connectivity index is 3.28. The summed E-state index contributed by atoms with van der Waals surface area (Å²) in [4.78, 5) is 4.80. The summed E-state index contributed by atoms with van der Waals surface area (Å²) in [6, 6.07) is 5.17. The lowest BCUT2D eigenvalue weighted by atomic mass is 9.97. The Labute approximate surface area is 85.6 Å². The van der Waals surface area contributed by atoms with Crippen LogP contribution in [0.15, 0.2) is 22.7 Å². The van der Waals surface area contributed by atoms with Gasteiger partial charge in [0.1, 0.15) is 11.4 Å². The monoisotopic (exact) mass is 245 g/mol. The molecule has 0 saturated carbocycles. The second-order valence-electron chi connectivity index (χ2n) is 3.26. The van der Waals surface area contributed by atoms with Gasteiger partial charge in [0.05, 0.1) is 0 Å². The molecule has 0 atom stereocenters. The molecule has 0 unspecified atom stereocenters. The molecule has 0 heterocycles. The lowest BCUT2D eigenvalue weighted by Crippen LogP contribution is -2.25. The summed E-state index contributed by atoms with van der Waals surface area (Å²) in [5.74, 6) is 5.32. The van der Waals surface area contributed by atoms with Crippen molar-refractivity contribution in [1.29, 1.82) is 0 Å². The van der Waals surface area contributed by atoms with Crippen LogP contribution < -0.4 is 5.90 Å². The molecule has 0 amide bonds. The molecule has 0 bridgehead atoms. The van der Waals surface area contributed by atoms with E-state index in [2.05, 4.69) is 15.9 Å². The normalized spacial score (nSPS) is 11.7. The number of hydrogen-bond acceptors (Lipinski definition) is 3. The van der Waals surface area contributed by atoms with Crippen molar-refractivity contribution in [3.05, 3.63) is 28.2 Å². The van der Waals surface area contributed by atoms with Crippen molar-refractivity contribution < 1.29 is 9.94 Å². The van der Waals surface area contributed by atoms with Crippen LogP contribution in [-0.2, 0) is 10.4 Å². The predicted molar refractivity (Wildman–Crippen MR) is 54.1 cm³/mol. The second kappa shape index (κ2) is 3.65. The molecular weight excluding hydrogens is 234 g/mol. The fourth-order valence-electron chi connectivity index (χ4n) is 1.17. The topological polar surface area (TPSA) is 55.5 Å². The molecule has 0 aliphatic carbocycles. The summed E-state index contributed by atoms with van der Waals surface area (Å²) in [5.41, 5.74) is -0.0537. The Hall–Kier alpha value is -0.580. The minimum atomic E-state index is -0.704. The molecule has 0 aliphatic heterocycles. The second-order valence-corrected chi connectivity index (χ2v) is 4.12. The number of phenols is 1. The third kappa shape index (κ3) is 2.02. The molecular formula is C9H12BrNO2. The summed E-state index contributed by atoms with van der Waals surface area (Å²) in [5, 5.41) is 9.59. The smallest absolute Gasteiger partial charge is 0.122 e. The van der Waals surface area contributed by atoms with Crippen molar-refractivity contribution >= 4 is 15.9 Å². The van der Waals surface area contributed by atoms with Crippen LogP contribution in [0.1, 0.15) is 19.4 Å². The first-order valence-electron chi connectivity index (χ1n) is 3.85. The number of rotatable bonds is 2. The van der Waals surface area contributed by atoms with Crippen LogP contribution in [-0.4, -0.2) is 5.11 Å². The van der Waals surface area contributed by atoms with Gasteiger partial charge in [-0.15, -0.1) is 0 Å². The van der Waals surface area contributed by atoms with Crippen molar-refractivity contribution in [2.24, 2.45) is 5.90 Å². The third-order valence-corrected chi connectivity index (χ3v) is 2.55. The van der Waals surface area contributed by atoms with Crippen LogP contribution in [0.3, 0.4) is 0 Å². The van der Waals surface area contributed by atoms with Crippen molar-refractivity contribution in [3.63, 3.8) is 0 Å². The van der Waals surface area contributed by atoms with E-state index in [9.17, 15) is 5.11 Å². The quantitative estimate of drug-likeness (QED) is 0.787. The largest absolute Gasteiger partial charge is 0.508 e. The van der Waals surface area contributed by atoms with Crippen LogP contribution in [0, 0.1) is 0 Å². The van der Waals surface area contributed by atoms with E-state index in [-0.39, 0.29) is 5.75 Å². The van der Waals surface area contributed by atoms with Crippen LogP contribution in [0.25, 0.3) is 0 Å². The predicted octanol–water partition coefficient (Wildman–Crippen LogP) is 2.28. The first kappa shape index (κ1) is 10.5. The van der Waals surface area contributed by atoms with Gasteiger partial charge in [-0.05, 0) is 26.0 Å². The van der Waals surface area contributed by atoms with E-state index in [4.69, 9.17) is 10.7 Å².